The zero-order valence-electron chi connectivity index (χ0n) is 11.9. The van der Waals surface area contributed by atoms with Crippen molar-refractivity contribution in [2.45, 2.75) is 38.3 Å². The first kappa shape index (κ1) is 12.7. The summed E-state index contributed by atoms with van der Waals surface area (Å²) in [7, 11) is 0. The van der Waals surface area contributed by atoms with E-state index in [0.717, 1.165) is 41.9 Å². The van der Waals surface area contributed by atoms with Gasteiger partial charge in [0.15, 0.2) is 11.5 Å². The maximum absolute atomic E-state index is 9.87. The molecule has 21 heavy (non-hydrogen) atoms. The van der Waals surface area contributed by atoms with Gasteiger partial charge in [-0.15, -0.1) is 0 Å². The van der Waals surface area contributed by atoms with Gasteiger partial charge >= 0.3 is 0 Å². The van der Waals surface area contributed by atoms with E-state index in [1.807, 2.05) is 6.92 Å². The number of aromatic hydroxyl groups is 2. The number of fused-ring (bicyclic) bond motifs is 5. The topological polar surface area (TPSA) is 65.4 Å². The minimum atomic E-state index is -0.0402. The van der Waals surface area contributed by atoms with Crippen LogP contribution in [0.5, 0.6) is 11.5 Å². The molecule has 0 unspecified atom stereocenters. The van der Waals surface area contributed by atoms with Crippen LogP contribution in [0.3, 0.4) is 0 Å². The predicted molar refractivity (Wildman–Crippen MR) is 79.5 cm³/mol. The summed E-state index contributed by atoms with van der Waals surface area (Å²) in [6.45, 7) is 2.81. The molecule has 1 aromatic heterocycles. The number of pyridine rings is 1. The first-order valence-electron chi connectivity index (χ1n) is 7.38. The minimum Gasteiger partial charge on any atom is -0.504 e. The summed E-state index contributed by atoms with van der Waals surface area (Å²) in [6.07, 6.45) is 1.96. The summed E-state index contributed by atoms with van der Waals surface area (Å²) in [4.78, 5) is 4.64. The lowest BCUT2D eigenvalue weighted by molar-refractivity contribution is 0.377. The highest BCUT2D eigenvalue weighted by molar-refractivity contribution is 5.52. The van der Waals surface area contributed by atoms with Gasteiger partial charge in [0, 0.05) is 24.2 Å². The van der Waals surface area contributed by atoms with Crippen molar-refractivity contribution < 1.29 is 10.2 Å². The van der Waals surface area contributed by atoms with Crippen LogP contribution in [-0.2, 0) is 13.0 Å². The van der Waals surface area contributed by atoms with Crippen LogP contribution >= 0.6 is 0 Å². The van der Waals surface area contributed by atoms with E-state index >= 15 is 0 Å². The quantitative estimate of drug-likeness (QED) is 0.649. The van der Waals surface area contributed by atoms with E-state index in [9.17, 15) is 10.2 Å². The van der Waals surface area contributed by atoms with Crippen LogP contribution < -0.4 is 5.32 Å². The highest BCUT2D eigenvalue weighted by Gasteiger charge is 2.36. The molecule has 1 aliphatic carbocycles. The predicted octanol–water partition coefficient (Wildman–Crippen LogP) is 2.35. The van der Waals surface area contributed by atoms with E-state index in [4.69, 9.17) is 0 Å². The lowest BCUT2D eigenvalue weighted by Crippen LogP contribution is -2.43. The summed E-state index contributed by atoms with van der Waals surface area (Å²) >= 11 is 0. The Kier molecular flexibility index (Phi) is 2.69. The van der Waals surface area contributed by atoms with Crippen LogP contribution in [0.4, 0.5) is 0 Å². The number of benzene rings is 1. The van der Waals surface area contributed by atoms with E-state index in [1.54, 1.807) is 12.1 Å². The van der Waals surface area contributed by atoms with Crippen molar-refractivity contribution in [2.75, 3.05) is 0 Å². The summed E-state index contributed by atoms with van der Waals surface area (Å²) in [5.74, 6) is 0.136. The van der Waals surface area contributed by atoms with Crippen molar-refractivity contribution in [2.24, 2.45) is 0 Å². The van der Waals surface area contributed by atoms with Crippen molar-refractivity contribution in [1.82, 2.24) is 10.3 Å². The second kappa shape index (κ2) is 4.46. The average Bonchev–Trinajstić information content (AvgIpc) is 2.47. The van der Waals surface area contributed by atoms with Crippen molar-refractivity contribution >= 4 is 0 Å². The van der Waals surface area contributed by atoms with E-state index in [1.165, 1.54) is 5.56 Å². The SMILES string of the molecule is Cc1ccc2c(n1)CN[C@@H]1CCc3cc(O)c(O)cc3[C@@H]21. The molecular weight excluding hydrogens is 264 g/mol. The monoisotopic (exact) mass is 282 g/mol. The molecule has 4 rings (SSSR count). The van der Waals surface area contributed by atoms with E-state index in [0.29, 0.717) is 6.04 Å². The number of phenolic OH excluding ortho intramolecular Hbond substituents is 2. The molecule has 2 atom stereocenters. The summed E-state index contributed by atoms with van der Waals surface area (Å²) in [5.41, 5.74) is 5.60. The van der Waals surface area contributed by atoms with Gasteiger partial charge in [0.2, 0.25) is 0 Å². The Morgan fingerprint density at radius 3 is 2.81 bits per heavy atom. The van der Waals surface area contributed by atoms with Crippen LogP contribution in [0.1, 0.15) is 40.4 Å². The molecule has 1 aliphatic heterocycles. The molecule has 1 aromatic carbocycles. The fourth-order valence-electron chi connectivity index (χ4n) is 3.71. The standard InChI is InChI=1S/C17H18N2O2/c1-9-2-4-11-14(19-9)8-18-13-5-3-10-6-15(20)16(21)7-12(10)17(11)13/h2,4,6-7,13,17-18,20-21H,3,5,8H2,1H3/t13-,17-/m1/s1. The lowest BCUT2D eigenvalue weighted by atomic mass is 9.73. The maximum atomic E-state index is 9.87. The van der Waals surface area contributed by atoms with Crippen LogP contribution in [-0.4, -0.2) is 21.2 Å². The van der Waals surface area contributed by atoms with Crippen LogP contribution in [0.15, 0.2) is 24.3 Å². The Morgan fingerprint density at radius 1 is 1.14 bits per heavy atom. The molecule has 3 N–H and O–H groups in total. The number of hydrogen-bond acceptors (Lipinski definition) is 4. The molecule has 2 heterocycles. The number of rotatable bonds is 0. The zero-order chi connectivity index (χ0) is 14.6. The molecule has 0 bridgehead atoms. The van der Waals surface area contributed by atoms with Gasteiger partial charge in [-0.3, -0.25) is 4.98 Å². The second-order valence-electron chi connectivity index (χ2n) is 6.03. The van der Waals surface area contributed by atoms with Gasteiger partial charge in [0.05, 0.1) is 5.69 Å². The second-order valence-corrected chi connectivity index (χ2v) is 6.03. The van der Waals surface area contributed by atoms with Crippen LogP contribution in [0.2, 0.25) is 0 Å². The van der Waals surface area contributed by atoms with Crippen molar-refractivity contribution in [3.8, 4) is 11.5 Å². The highest BCUT2D eigenvalue weighted by Crippen LogP contribution is 2.43. The lowest BCUT2D eigenvalue weighted by Gasteiger charge is -2.39. The Hall–Kier alpha value is -2.07. The van der Waals surface area contributed by atoms with Crippen molar-refractivity contribution in [3.05, 3.63) is 52.3 Å². The third kappa shape index (κ3) is 1.90. The van der Waals surface area contributed by atoms with Crippen LogP contribution in [0.25, 0.3) is 0 Å². The fourth-order valence-corrected chi connectivity index (χ4v) is 3.71. The summed E-state index contributed by atoms with van der Waals surface area (Å²) < 4.78 is 0. The largest absolute Gasteiger partial charge is 0.504 e. The average molecular weight is 282 g/mol. The Balaban J connectivity index is 1.91. The molecule has 0 spiro atoms. The normalized spacial score (nSPS) is 23.1. The molecule has 0 saturated heterocycles. The Morgan fingerprint density at radius 2 is 1.95 bits per heavy atom. The number of hydrogen-bond donors (Lipinski definition) is 3. The third-order valence-electron chi connectivity index (χ3n) is 4.71. The molecule has 4 heteroatoms. The van der Waals surface area contributed by atoms with Gasteiger partial charge in [-0.1, -0.05) is 6.07 Å². The van der Waals surface area contributed by atoms with E-state index in [2.05, 4.69) is 22.4 Å². The summed E-state index contributed by atoms with van der Waals surface area (Å²) in [5, 5.41) is 23.2. The number of aryl methyl sites for hydroxylation is 2. The van der Waals surface area contributed by atoms with E-state index < -0.39 is 0 Å². The van der Waals surface area contributed by atoms with Gasteiger partial charge in [0.1, 0.15) is 0 Å². The molecule has 0 radical (unpaired) electrons. The number of phenols is 2. The van der Waals surface area contributed by atoms with Gasteiger partial charge in [-0.25, -0.2) is 0 Å². The molecule has 0 amide bonds. The maximum Gasteiger partial charge on any atom is 0.157 e. The molecule has 4 nitrogen and oxygen atoms in total. The zero-order valence-corrected chi connectivity index (χ0v) is 11.9. The third-order valence-corrected chi connectivity index (χ3v) is 4.71. The fraction of sp³-hybridized carbons (Fsp3) is 0.353. The van der Waals surface area contributed by atoms with Crippen LogP contribution in [0, 0.1) is 6.92 Å². The Bertz CT molecular complexity index is 727. The van der Waals surface area contributed by atoms with Gasteiger partial charge < -0.3 is 15.5 Å². The summed E-state index contributed by atoms with van der Waals surface area (Å²) in [6, 6.07) is 8.01. The van der Waals surface area contributed by atoms with Crippen molar-refractivity contribution in [3.63, 3.8) is 0 Å². The molecule has 108 valence electrons. The first-order valence-corrected chi connectivity index (χ1v) is 7.38. The smallest absolute Gasteiger partial charge is 0.157 e. The minimum absolute atomic E-state index is 0.0294. The number of aromatic nitrogens is 1. The highest BCUT2D eigenvalue weighted by atomic mass is 16.3. The van der Waals surface area contributed by atoms with Gasteiger partial charge in [0.25, 0.3) is 0 Å². The molecule has 2 aliphatic rings. The van der Waals surface area contributed by atoms with E-state index in [-0.39, 0.29) is 17.4 Å². The first-order chi connectivity index (χ1) is 10.1. The number of nitrogens with zero attached hydrogens (tertiary/aromatic N) is 1. The van der Waals surface area contributed by atoms with Gasteiger partial charge in [-0.05, 0) is 54.7 Å². The molecule has 0 fully saturated rings. The molecule has 0 saturated carbocycles. The molecular formula is C17H18N2O2. The van der Waals surface area contributed by atoms with Crippen molar-refractivity contribution in [1.29, 1.82) is 0 Å². The van der Waals surface area contributed by atoms with Gasteiger partial charge in [-0.2, -0.15) is 0 Å². The Labute approximate surface area is 123 Å². The molecule has 2 aromatic rings. The number of nitrogens with one attached hydrogen (secondary N) is 1.